The molecule has 0 unspecified atom stereocenters. The van der Waals surface area contributed by atoms with Crippen molar-refractivity contribution in [1.29, 1.82) is 0 Å². The van der Waals surface area contributed by atoms with Gasteiger partial charge in [-0.25, -0.2) is 9.78 Å². The molecular weight excluding hydrogens is 372 g/mol. The summed E-state index contributed by atoms with van der Waals surface area (Å²) in [5.41, 5.74) is 1.31. The molecule has 2 fully saturated rings. The molecule has 2 aromatic heterocycles. The molecule has 2 aromatic rings. The van der Waals surface area contributed by atoms with Crippen LogP contribution in [-0.4, -0.2) is 58.4 Å². The van der Waals surface area contributed by atoms with Crippen LogP contribution in [0.1, 0.15) is 28.8 Å². The molecule has 9 nitrogen and oxygen atoms in total. The van der Waals surface area contributed by atoms with E-state index in [4.69, 9.17) is 0 Å². The van der Waals surface area contributed by atoms with Crippen molar-refractivity contribution in [3.63, 3.8) is 0 Å². The van der Waals surface area contributed by atoms with Gasteiger partial charge in [0.15, 0.2) is 0 Å². The summed E-state index contributed by atoms with van der Waals surface area (Å²) < 4.78 is 0. The number of pyridine rings is 2. The Hall–Kier alpha value is -3.49. The summed E-state index contributed by atoms with van der Waals surface area (Å²) in [5, 5.41) is 5.70. The Morgan fingerprint density at radius 1 is 1.14 bits per heavy atom. The smallest absolute Gasteiger partial charge is 0.326 e. The Labute approximate surface area is 168 Å². The first kappa shape index (κ1) is 18.9. The van der Waals surface area contributed by atoms with E-state index in [1.807, 2.05) is 6.07 Å². The number of urea groups is 1. The molecule has 4 rings (SSSR count). The number of amides is 4. The average Bonchev–Trinajstić information content (AvgIpc) is 3.49. The van der Waals surface area contributed by atoms with E-state index in [9.17, 15) is 14.4 Å². The van der Waals surface area contributed by atoms with Gasteiger partial charge < -0.3 is 15.5 Å². The molecule has 2 aliphatic rings. The van der Waals surface area contributed by atoms with Crippen molar-refractivity contribution in [2.24, 2.45) is 0 Å². The molecule has 4 amide bonds. The highest BCUT2D eigenvalue weighted by molar-refractivity contribution is 5.96. The molecule has 2 N–H and O–H groups in total. The normalized spacial score (nSPS) is 16.1. The van der Waals surface area contributed by atoms with Gasteiger partial charge in [0.05, 0.1) is 5.56 Å². The largest absolute Gasteiger partial charge is 0.352 e. The van der Waals surface area contributed by atoms with Crippen LogP contribution in [0.3, 0.4) is 0 Å². The first-order valence-electron chi connectivity index (χ1n) is 9.59. The predicted molar refractivity (Wildman–Crippen MR) is 105 cm³/mol. The van der Waals surface area contributed by atoms with Gasteiger partial charge in [-0.15, -0.1) is 0 Å². The molecule has 29 heavy (non-hydrogen) atoms. The summed E-state index contributed by atoms with van der Waals surface area (Å²) in [6, 6.07) is 7.03. The maximum atomic E-state index is 12.6. The third-order valence-electron chi connectivity index (χ3n) is 4.83. The number of nitrogens with one attached hydrogen (secondary N) is 2. The van der Waals surface area contributed by atoms with E-state index in [0.717, 1.165) is 18.4 Å². The summed E-state index contributed by atoms with van der Waals surface area (Å²) in [6.07, 6.45) is 6.79. The number of nitrogens with zero attached hydrogens (tertiary/aromatic N) is 4. The van der Waals surface area contributed by atoms with Crippen molar-refractivity contribution in [2.75, 3.05) is 24.5 Å². The van der Waals surface area contributed by atoms with Gasteiger partial charge >= 0.3 is 6.03 Å². The predicted octanol–water partition coefficient (Wildman–Crippen LogP) is 0.927. The Morgan fingerprint density at radius 3 is 2.69 bits per heavy atom. The lowest BCUT2D eigenvalue weighted by Gasteiger charge is -2.18. The molecule has 9 heteroatoms. The lowest BCUT2D eigenvalue weighted by molar-refractivity contribution is -0.121. The Bertz CT molecular complexity index is 898. The minimum absolute atomic E-state index is 0.0737. The van der Waals surface area contributed by atoms with Gasteiger partial charge in [-0.1, -0.05) is 6.07 Å². The summed E-state index contributed by atoms with van der Waals surface area (Å²) in [5.74, 6) is 0.204. The number of hydrogen-bond acceptors (Lipinski definition) is 5. The van der Waals surface area contributed by atoms with E-state index in [1.165, 1.54) is 11.1 Å². The number of anilines is 1. The maximum Gasteiger partial charge on any atom is 0.326 e. The molecule has 3 heterocycles. The summed E-state index contributed by atoms with van der Waals surface area (Å²) in [7, 11) is 0. The number of aromatic nitrogens is 2. The molecular formula is C20H22N6O3. The minimum Gasteiger partial charge on any atom is -0.352 e. The third kappa shape index (κ3) is 4.68. The second-order valence-corrected chi connectivity index (χ2v) is 7.15. The molecule has 0 atom stereocenters. The lowest BCUT2D eigenvalue weighted by atomic mass is 10.2. The zero-order valence-corrected chi connectivity index (χ0v) is 15.9. The van der Waals surface area contributed by atoms with Crippen LogP contribution < -0.4 is 15.5 Å². The van der Waals surface area contributed by atoms with Crippen molar-refractivity contribution >= 4 is 23.7 Å². The third-order valence-corrected chi connectivity index (χ3v) is 4.83. The van der Waals surface area contributed by atoms with Gasteiger partial charge in [0.2, 0.25) is 5.91 Å². The summed E-state index contributed by atoms with van der Waals surface area (Å²) >= 11 is 0. The zero-order valence-electron chi connectivity index (χ0n) is 15.9. The molecule has 1 saturated heterocycles. The van der Waals surface area contributed by atoms with Crippen molar-refractivity contribution < 1.29 is 14.4 Å². The van der Waals surface area contributed by atoms with Crippen LogP contribution in [0.4, 0.5) is 10.6 Å². The van der Waals surface area contributed by atoms with E-state index < -0.39 is 0 Å². The van der Waals surface area contributed by atoms with E-state index >= 15 is 0 Å². The fourth-order valence-corrected chi connectivity index (χ4v) is 3.08. The molecule has 1 aliphatic heterocycles. The van der Waals surface area contributed by atoms with Gasteiger partial charge in [-0.3, -0.25) is 19.5 Å². The van der Waals surface area contributed by atoms with E-state index in [-0.39, 0.29) is 30.4 Å². The van der Waals surface area contributed by atoms with Crippen LogP contribution in [0.25, 0.3) is 0 Å². The fourth-order valence-electron chi connectivity index (χ4n) is 3.08. The van der Waals surface area contributed by atoms with Gasteiger partial charge in [0.1, 0.15) is 12.4 Å². The van der Waals surface area contributed by atoms with Crippen molar-refractivity contribution in [3.8, 4) is 0 Å². The summed E-state index contributed by atoms with van der Waals surface area (Å²) in [4.78, 5) is 47.9. The van der Waals surface area contributed by atoms with Gasteiger partial charge in [-0.05, 0) is 36.6 Å². The molecule has 0 bridgehead atoms. The first-order valence-corrected chi connectivity index (χ1v) is 9.59. The fraction of sp³-hybridized carbons (Fsp3) is 0.350. The average molecular weight is 394 g/mol. The van der Waals surface area contributed by atoms with Gasteiger partial charge in [0.25, 0.3) is 5.91 Å². The number of carbonyl (C=O) groups excluding carboxylic acids is 3. The lowest BCUT2D eigenvalue weighted by Crippen LogP contribution is -2.40. The molecule has 150 valence electrons. The topological polar surface area (TPSA) is 108 Å². The van der Waals surface area contributed by atoms with Crippen LogP contribution in [0.2, 0.25) is 0 Å². The quantitative estimate of drug-likeness (QED) is 0.726. The second kappa shape index (κ2) is 8.26. The Kier molecular flexibility index (Phi) is 5.37. The number of rotatable bonds is 7. The molecule has 0 aromatic carbocycles. The SMILES string of the molecule is O=C(CN1CCN(c2ccc(CNC(=O)c3cccnc3)cn2)C1=O)NC1CC1. The second-order valence-electron chi connectivity index (χ2n) is 7.15. The Morgan fingerprint density at radius 2 is 2.00 bits per heavy atom. The maximum absolute atomic E-state index is 12.6. The van der Waals surface area contributed by atoms with Crippen molar-refractivity contribution in [3.05, 3.63) is 54.0 Å². The number of hydrogen-bond donors (Lipinski definition) is 2. The van der Waals surface area contributed by atoms with Crippen LogP contribution in [-0.2, 0) is 11.3 Å². The highest BCUT2D eigenvalue weighted by Crippen LogP contribution is 2.20. The molecule has 0 spiro atoms. The number of carbonyl (C=O) groups is 3. The van der Waals surface area contributed by atoms with Crippen LogP contribution in [0, 0.1) is 0 Å². The highest BCUT2D eigenvalue weighted by Gasteiger charge is 2.32. The monoisotopic (exact) mass is 394 g/mol. The van der Waals surface area contributed by atoms with Crippen LogP contribution in [0.15, 0.2) is 42.9 Å². The van der Waals surface area contributed by atoms with Crippen molar-refractivity contribution in [2.45, 2.75) is 25.4 Å². The molecule has 1 aliphatic carbocycles. The zero-order chi connectivity index (χ0) is 20.2. The Balaban J connectivity index is 1.30. The van der Waals surface area contributed by atoms with E-state index in [1.54, 1.807) is 35.5 Å². The van der Waals surface area contributed by atoms with Crippen molar-refractivity contribution in [1.82, 2.24) is 25.5 Å². The van der Waals surface area contributed by atoms with E-state index in [0.29, 0.717) is 31.0 Å². The van der Waals surface area contributed by atoms with Crippen LogP contribution in [0.5, 0.6) is 0 Å². The molecule has 1 saturated carbocycles. The molecule has 0 radical (unpaired) electrons. The summed E-state index contributed by atoms with van der Waals surface area (Å²) in [6.45, 7) is 1.37. The van der Waals surface area contributed by atoms with Gasteiger partial charge in [-0.2, -0.15) is 0 Å². The van der Waals surface area contributed by atoms with E-state index in [2.05, 4.69) is 20.6 Å². The first-order chi connectivity index (χ1) is 14.1. The highest BCUT2D eigenvalue weighted by atomic mass is 16.2. The minimum atomic E-state index is -0.221. The van der Waals surface area contributed by atoms with Gasteiger partial charge in [0, 0.05) is 44.3 Å². The van der Waals surface area contributed by atoms with Crippen LogP contribution >= 0.6 is 0 Å². The standard InChI is InChI=1S/C20H22N6O3/c27-18(24-16-4-5-16)13-25-8-9-26(20(25)29)17-6-3-14(10-22-17)11-23-19(28)15-2-1-7-21-12-15/h1-3,6-7,10,12,16H,4-5,8-9,11,13H2,(H,23,28)(H,24,27).